The molecule has 1 aromatic heterocycles. The molecular formula is C18H19N3. The van der Waals surface area contributed by atoms with Crippen molar-refractivity contribution >= 4 is 16.7 Å². The first-order chi connectivity index (χ1) is 10.0. The molecule has 0 saturated carbocycles. The van der Waals surface area contributed by atoms with Gasteiger partial charge in [-0.1, -0.05) is 43.7 Å². The first-order valence-electron chi connectivity index (χ1n) is 7.38. The van der Waals surface area contributed by atoms with Gasteiger partial charge in [-0.15, -0.1) is 0 Å². The molecule has 3 nitrogen and oxygen atoms in total. The standard InChI is InChI=1S/C18H19N3/c1-11-4-6-12(7-5-11)17-20-15-8-13-14(9-16(15)21-17)19-10-18(13,2)3/h4-9,19H,10H2,1-3H3,(H,20,21). The number of aromatic nitrogens is 2. The lowest BCUT2D eigenvalue weighted by atomic mass is 9.87. The van der Waals surface area contributed by atoms with Gasteiger partial charge in [0.2, 0.25) is 0 Å². The lowest BCUT2D eigenvalue weighted by Gasteiger charge is -2.16. The van der Waals surface area contributed by atoms with Gasteiger partial charge in [-0.05, 0) is 24.6 Å². The van der Waals surface area contributed by atoms with Gasteiger partial charge < -0.3 is 10.3 Å². The molecule has 4 rings (SSSR count). The summed E-state index contributed by atoms with van der Waals surface area (Å²) in [4.78, 5) is 8.20. The van der Waals surface area contributed by atoms with Crippen molar-refractivity contribution < 1.29 is 0 Å². The SMILES string of the molecule is Cc1ccc(-c2nc3cc4c(cc3[nH]2)C(C)(C)CN4)cc1. The molecule has 2 N–H and O–H groups in total. The normalized spacial score (nSPS) is 16.0. The number of hydrogen-bond donors (Lipinski definition) is 2. The molecule has 0 spiro atoms. The van der Waals surface area contributed by atoms with Crippen LogP contribution in [0.4, 0.5) is 5.69 Å². The quantitative estimate of drug-likeness (QED) is 0.698. The third kappa shape index (κ3) is 1.92. The topological polar surface area (TPSA) is 40.7 Å². The summed E-state index contributed by atoms with van der Waals surface area (Å²) in [6, 6.07) is 12.9. The van der Waals surface area contributed by atoms with Crippen LogP contribution in [-0.4, -0.2) is 16.5 Å². The molecule has 0 unspecified atom stereocenters. The molecule has 0 saturated heterocycles. The zero-order chi connectivity index (χ0) is 14.6. The van der Waals surface area contributed by atoms with E-state index in [0.29, 0.717) is 0 Å². The molecule has 106 valence electrons. The summed E-state index contributed by atoms with van der Waals surface area (Å²) in [5.41, 5.74) is 7.29. The van der Waals surface area contributed by atoms with Gasteiger partial charge in [-0.3, -0.25) is 0 Å². The van der Waals surface area contributed by atoms with E-state index in [4.69, 9.17) is 4.98 Å². The van der Waals surface area contributed by atoms with E-state index in [1.54, 1.807) is 0 Å². The third-order valence-corrected chi connectivity index (χ3v) is 4.40. The van der Waals surface area contributed by atoms with Crippen LogP contribution in [0.15, 0.2) is 36.4 Å². The Bertz CT molecular complexity index is 826. The molecule has 2 aromatic carbocycles. The van der Waals surface area contributed by atoms with Gasteiger partial charge in [-0.25, -0.2) is 4.98 Å². The molecule has 0 aliphatic carbocycles. The number of H-pyrrole nitrogens is 1. The van der Waals surface area contributed by atoms with E-state index in [9.17, 15) is 0 Å². The van der Waals surface area contributed by atoms with Crippen LogP contribution in [-0.2, 0) is 5.41 Å². The number of aryl methyl sites for hydroxylation is 1. The van der Waals surface area contributed by atoms with Crippen molar-refractivity contribution in [2.45, 2.75) is 26.2 Å². The van der Waals surface area contributed by atoms with Crippen molar-refractivity contribution in [2.75, 3.05) is 11.9 Å². The van der Waals surface area contributed by atoms with Gasteiger partial charge in [0.15, 0.2) is 0 Å². The zero-order valence-electron chi connectivity index (χ0n) is 12.6. The van der Waals surface area contributed by atoms with Crippen LogP contribution in [0, 0.1) is 6.92 Å². The Labute approximate surface area is 124 Å². The fourth-order valence-corrected chi connectivity index (χ4v) is 3.02. The Hall–Kier alpha value is -2.29. The second-order valence-corrected chi connectivity index (χ2v) is 6.60. The molecule has 3 heteroatoms. The van der Waals surface area contributed by atoms with Crippen LogP contribution in [0.25, 0.3) is 22.4 Å². The average molecular weight is 277 g/mol. The fraction of sp³-hybridized carbons (Fsp3) is 0.278. The van der Waals surface area contributed by atoms with Crippen LogP contribution in [0.2, 0.25) is 0 Å². The third-order valence-electron chi connectivity index (χ3n) is 4.40. The first-order valence-corrected chi connectivity index (χ1v) is 7.38. The van der Waals surface area contributed by atoms with Gasteiger partial charge in [-0.2, -0.15) is 0 Å². The minimum absolute atomic E-state index is 0.179. The van der Waals surface area contributed by atoms with Gasteiger partial charge in [0.25, 0.3) is 0 Å². The number of fused-ring (bicyclic) bond motifs is 2. The Kier molecular flexibility index (Phi) is 2.43. The maximum atomic E-state index is 4.74. The number of aromatic amines is 1. The highest BCUT2D eigenvalue weighted by Gasteiger charge is 2.30. The maximum absolute atomic E-state index is 4.74. The minimum Gasteiger partial charge on any atom is -0.384 e. The number of benzene rings is 2. The minimum atomic E-state index is 0.179. The summed E-state index contributed by atoms with van der Waals surface area (Å²) < 4.78 is 0. The molecular weight excluding hydrogens is 258 g/mol. The van der Waals surface area contributed by atoms with Crippen LogP contribution < -0.4 is 5.32 Å². The van der Waals surface area contributed by atoms with Gasteiger partial charge in [0.05, 0.1) is 11.0 Å². The molecule has 0 amide bonds. The van der Waals surface area contributed by atoms with E-state index in [2.05, 4.69) is 67.5 Å². The van der Waals surface area contributed by atoms with Crippen molar-refractivity contribution in [3.63, 3.8) is 0 Å². The monoisotopic (exact) mass is 277 g/mol. The number of nitrogens with zero attached hydrogens (tertiary/aromatic N) is 1. The number of anilines is 1. The van der Waals surface area contributed by atoms with Crippen LogP contribution in [0.3, 0.4) is 0 Å². The zero-order valence-corrected chi connectivity index (χ0v) is 12.6. The van der Waals surface area contributed by atoms with Crippen LogP contribution >= 0.6 is 0 Å². The van der Waals surface area contributed by atoms with E-state index in [0.717, 1.165) is 29.0 Å². The molecule has 3 aromatic rings. The Morgan fingerprint density at radius 1 is 1.10 bits per heavy atom. The van der Waals surface area contributed by atoms with Crippen molar-refractivity contribution in [1.29, 1.82) is 0 Å². The summed E-state index contributed by atoms with van der Waals surface area (Å²) in [7, 11) is 0. The predicted octanol–water partition coefficient (Wildman–Crippen LogP) is 4.24. The van der Waals surface area contributed by atoms with Gasteiger partial charge in [0.1, 0.15) is 5.82 Å². The summed E-state index contributed by atoms with van der Waals surface area (Å²) >= 11 is 0. The largest absolute Gasteiger partial charge is 0.384 e. The number of rotatable bonds is 1. The Morgan fingerprint density at radius 2 is 1.86 bits per heavy atom. The number of nitrogens with one attached hydrogen (secondary N) is 2. The van der Waals surface area contributed by atoms with E-state index >= 15 is 0 Å². The molecule has 21 heavy (non-hydrogen) atoms. The van der Waals surface area contributed by atoms with Crippen molar-refractivity contribution in [1.82, 2.24) is 9.97 Å². The Morgan fingerprint density at radius 3 is 2.62 bits per heavy atom. The second-order valence-electron chi connectivity index (χ2n) is 6.60. The van der Waals surface area contributed by atoms with Crippen molar-refractivity contribution in [2.24, 2.45) is 0 Å². The molecule has 1 aliphatic heterocycles. The highest BCUT2D eigenvalue weighted by molar-refractivity contribution is 5.86. The average Bonchev–Trinajstić information content (AvgIpc) is 2.99. The highest BCUT2D eigenvalue weighted by atomic mass is 15.0. The summed E-state index contributed by atoms with van der Waals surface area (Å²) in [5.74, 6) is 0.937. The van der Waals surface area contributed by atoms with Crippen LogP contribution in [0.1, 0.15) is 25.0 Å². The Balaban J connectivity index is 1.86. The fourth-order valence-electron chi connectivity index (χ4n) is 3.02. The predicted molar refractivity (Wildman–Crippen MR) is 87.8 cm³/mol. The van der Waals surface area contributed by atoms with Crippen molar-refractivity contribution in [3.8, 4) is 11.4 Å². The second kappa shape index (κ2) is 4.10. The van der Waals surface area contributed by atoms with Gasteiger partial charge >= 0.3 is 0 Å². The van der Waals surface area contributed by atoms with E-state index in [1.165, 1.54) is 16.8 Å². The van der Waals surface area contributed by atoms with E-state index in [1.807, 2.05) is 0 Å². The van der Waals surface area contributed by atoms with Crippen molar-refractivity contribution in [3.05, 3.63) is 47.5 Å². The molecule has 0 fully saturated rings. The molecule has 0 radical (unpaired) electrons. The summed E-state index contributed by atoms with van der Waals surface area (Å²) in [6.45, 7) is 7.63. The summed E-state index contributed by atoms with van der Waals surface area (Å²) in [6.07, 6.45) is 0. The summed E-state index contributed by atoms with van der Waals surface area (Å²) in [5, 5.41) is 3.49. The van der Waals surface area contributed by atoms with E-state index < -0.39 is 0 Å². The number of imidazole rings is 1. The number of hydrogen-bond acceptors (Lipinski definition) is 2. The highest BCUT2D eigenvalue weighted by Crippen LogP contribution is 2.38. The lowest BCUT2D eigenvalue weighted by molar-refractivity contribution is 0.586. The smallest absolute Gasteiger partial charge is 0.138 e. The molecule has 1 aliphatic rings. The molecule has 2 heterocycles. The first kappa shape index (κ1) is 12.5. The van der Waals surface area contributed by atoms with E-state index in [-0.39, 0.29) is 5.41 Å². The molecule has 0 bridgehead atoms. The maximum Gasteiger partial charge on any atom is 0.138 e. The van der Waals surface area contributed by atoms with Crippen LogP contribution in [0.5, 0.6) is 0 Å². The molecule has 0 atom stereocenters. The van der Waals surface area contributed by atoms with Gasteiger partial charge in [0, 0.05) is 23.2 Å². The lowest BCUT2D eigenvalue weighted by Crippen LogP contribution is -2.18.